The fourth-order valence-corrected chi connectivity index (χ4v) is 2.36. The zero-order chi connectivity index (χ0) is 17.1. The molecule has 0 spiro atoms. The van der Waals surface area contributed by atoms with Crippen molar-refractivity contribution in [1.29, 1.82) is 0 Å². The molecule has 0 aliphatic carbocycles. The number of nitrogens with zero attached hydrogens (tertiary/aromatic N) is 1. The van der Waals surface area contributed by atoms with Crippen molar-refractivity contribution >= 4 is 11.4 Å². The Balaban J connectivity index is 2.84. The first kappa shape index (κ1) is 19.1. The number of hydrogen-bond donors (Lipinski definition) is 1. The van der Waals surface area contributed by atoms with E-state index in [4.69, 9.17) is 0 Å². The molecule has 0 radical (unpaired) electrons. The third-order valence-electron chi connectivity index (χ3n) is 2.68. The minimum absolute atomic E-state index is 0.0949. The van der Waals surface area contributed by atoms with E-state index in [1.54, 1.807) is 19.9 Å². The molecule has 1 N–H and O–H groups in total. The van der Waals surface area contributed by atoms with Crippen LogP contribution < -0.4 is 9.46 Å². The van der Waals surface area contributed by atoms with Gasteiger partial charge in [0.1, 0.15) is 4.75 Å². The largest absolute Gasteiger partial charge is 0.598 e. The first-order valence-electron chi connectivity index (χ1n) is 6.74. The number of aryl methyl sites for hydroxylation is 1. The number of halogens is 3. The van der Waals surface area contributed by atoms with E-state index in [9.17, 15) is 17.7 Å². The van der Waals surface area contributed by atoms with Gasteiger partial charge in [-0.2, -0.15) is 13.2 Å². The lowest BCUT2D eigenvalue weighted by Gasteiger charge is -2.26. The molecule has 1 aromatic heterocycles. The van der Waals surface area contributed by atoms with E-state index < -0.39 is 28.9 Å². The van der Waals surface area contributed by atoms with Crippen LogP contribution in [0.25, 0.3) is 0 Å². The van der Waals surface area contributed by atoms with Crippen LogP contribution in [0.4, 0.5) is 13.2 Å². The number of aromatic nitrogens is 1. The van der Waals surface area contributed by atoms with Crippen LogP contribution in [0.3, 0.4) is 0 Å². The summed E-state index contributed by atoms with van der Waals surface area (Å²) in [7, 11) is 0. The summed E-state index contributed by atoms with van der Waals surface area (Å²) in [5.41, 5.74) is 1.20. The van der Waals surface area contributed by atoms with E-state index in [1.165, 1.54) is 6.07 Å². The summed E-state index contributed by atoms with van der Waals surface area (Å²) in [6.07, 6.45) is -4.41. The Labute approximate surface area is 131 Å². The summed E-state index contributed by atoms with van der Waals surface area (Å²) in [4.78, 5) is 3.92. The molecule has 0 saturated heterocycles. The van der Waals surface area contributed by atoms with Gasteiger partial charge >= 0.3 is 6.18 Å². The van der Waals surface area contributed by atoms with Crippen LogP contribution in [0, 0.1) is 6.92 Å². The van der Waals surface area contributed by atoms with Gasteiger partial charge in [0.25, 0.3) is 0 Å². The summed E-state index contributed by atoms with van der Waals surface area (Å²) in [6, 6.07) is 2.84. The molecule has 1 rings (SSSR count). The van der Waals surface area contributed by atoms with E-state index in [0.717, 1.165) is 0 Å². The quantitative estimate of drug-likeness (QED) is 0.836. The van der Waals surface area contributed by atoms with Gasteiger partial charge in [-0.25, -0.2) is 4.98 Å². The minimum atomic E-state index is -4.41. The third-order valence-corrected chi connectivity index (χ3v) is 4.36. The highest BCUT2D eigenvalue weighted by atomic mass is 32.2. The van der Waals surface area contributed by atoms with Gasteiger partial charge < -0.3 is 9.29 Å². The highest BCUT2D eigenvalue weighted by Crippen LogP contribution is 2.24. The van der Waals surface area contributed by atoms with Crippen molar-refractivity contribution in [2.24, 2.45) is 0 Å². The van der Waals surface area contributed by atoms with E-state index in [0.29, 0.717) is 11.3 Å². The topological polar surface area (TPSA) is 57.2 Å². The van der Waals surface area contributed by atoms with Crippen LogP contribution in [0.5, 0.6) is 5.88 Å². The first-order chi connectivity index (χ1) is 9.88. The van der Waals surface area contributed by atoms with E-state index in [1.807, 2.05) is 20.8 Å². The molecule has 126 valence electrons. The molecule has 1 aromatic rings. The molecule has 0 fully saturated rings. The number of hydrogen-bond acceptors (Lipinski definition) is 4. The van der Waals surface area contributed by atoms with Crippen LogP contribution in [0.15, 0.2) is 12.1 Å². The molecule has 2 atom stereocenters. The average molecular weight is 338 g/mol. The summed E-state index contributed by atoms with van der Waals surface area (Å²) >= 11 is -1.29. The fourth-order valence-electron chi connectivity index (χ4n) is 1.55. The van der Waals surface area contributed by atoms with Gasteiger partial charge in [0, 0.05) is 23.1 Å². The molecule has 22 heavy (non-hydrogen) atoms. The van der Waals surface area contributed by atoms with E-state index in [2.05, 4.69) is 14.4 Å². The SMILES string of the molecule is Cc1cc([C@@H](C)N[S@+]([O-])C(C)(C)C)cc(OCC(F)(F)F)n1. The number of alkyl halides is 3. The molecule has 0 aliphatic rings. The molecular weight excluding hydrogens is 317 g/mol. The van der Waals surface area contributed by atoms with Gasteiger partial charge in [-0.15, -0.1) is 4.72 Å². The minimum Gasteiger partial charge on any atom is -0.598 e. The second kappa shape index (κ2) is 7.06. The molecule has 0 saturated carbocycles. The second-order valence-electron chi connectivity index (χ2n) is 6.00. The molecule has 0 aromatic carbocycles. The maximum atomic E-state index is 12.2. The maximum Gasteiger partial charge on any atom is 0.422 e. The Morgan fingerprint density at radius 2 is 1.91 bits per heavy atom. The monoisotopic (exact) mass is 338 g/mol. The summed E-state index contributed by atoms with van der Waals surface area (Å²) in [5, 5.41) is 0. The average Bonchev–Trinajstić information content (AvgIpc) is 2.33. The highest BCUT2D eigenvalue weighted by molar-refractivity contribution is 7.90. The lowest BCUT2D eigenvalue weighted by atomic mass is 10.1. The van der Waals surface area contributed by atoms with Gasteiger partial charge in [0.15, 0.2) is 6.61 Å². The smallest absolute Gasteiger partial charge is 0.422 e. The molecular formula is C14H21F3N2O2S. The van der Waals surface area contributed by atoms with Gasteiger partial charge in [0.2, 0.25) is 5.88 Å². The molecule has 0 unspecified atom stereocenters. The Morgan fingerprint density at radius 1 is 1.32 bits per heavy atom. The molecule has 8 heteroatoms. The summed E-state index contributed by atoms with van der Waals surface area (Å²) in [5.74, 6) is -0.0949. The standard InChI is InChI=1S/C14H21F3N2O2S/c1-9-6-11(10(2)19-22(20)13(3,4)5)7-12(18-9)21-8-14(15,16)17/h6-7,10,19H,8H2,1-5H3/t10-,22-/m1/s1. The highest BCUT2D eigenvalue weighted by Gasteiger charge is 2.30. The van der Waals surface area contributed by atoms with Crippen molar-refractivity contribution in [2.75, 3.05) is 6.61 Å². The van der Waals surface area contributed by atoms with Crippen molar-refractivity contribution in [2.45, 2.75) is 51.6 Å². The third kappa shape index (κ3) is 6.41. The van der Waals surface area contributed by atoms with Crippen LogP contribution in [-0.4, -0.2) is 27.1 Å². The maximum absolute atomic E-state index is 12.2. The molecule has 1 heterocycles. The fraction of sp³-hybridized carbons (Fsp3) is 0.643. The van der Waals surface area contributed by atoms with Crippen LogP contribution in [0.2, 0.25) is 0 Å². The Kier molecular flexibility index (Phi) is 6.11. The molecule has 0 amide bonds. The summed E-state index contributed by atoms with van der Waals surface area (Å²) in [6.45, 7) is 7.55. The van der Waals surface area contributed by atoms with E-state index >= 15 is 0 Å². The van der Waals surface area contributed by atoms with Crippen molar-refractivity contribution < 1.29 is 22.5 Å². The Bertz CT molecular complexity index is 504. The predicted octanol–water partition coefficient (Wildman–Crippen LogP) is 3.44. The number of rotatable bonds is 5. The normalized spacial score (nSPS) is 15.5. The molecule has 4 nitrogen and oxygen atoms in total. The van der Waals surface area contributed by atoms with Crippen molar-refractivity contribution in [1.82, 2.24) is 9.71 Å². The lowest BCUT2D eigenvalue weighted by Crippen LogP contribution is -2.40. The van der Waals surface area contributed by atoms with Crippen LogP contribution in [0.1, 0.15) is 45.0 Å². The van der Waals surface area contributed by atoms with Gasteiger partial charge in [-0.1, -0.05) is 0 Å². The van der Waals surface area contributed by atoms with Gasteiger partial charge in [0.05, 0.1) is 6.04 Å². The Morgan fingerprint density at radius 3 is 2.41 bits per heavy atom. The predicted molar refractivity (Wildman–Crippen MR) is 80.0 cm³/mol. The van der Waals surface area contributed by atoms with Crippen molar-refractivity contribution in [3.05, 3.63) is 23.4 Å². The summed E-state index contributed by atoms with van der Waals surface area (Å²) < 4.78 is 55.8. The van der Waals surface area contributed by atoms with Crippen molar-refractivity contribution in [3.8, 4) is 5.88 Å². The van der Waals surface area contributed by atoms with E-state index in [-0.39, 0.29) is 11.9 Å². The Hall–Kier alpha value is -0.990. The second-order valence-corrected chi connectivity index (χ2v) is 8.00. The van der Waals surface area contributed by atoms with Crippen LogP contribution >= 0.6 is 0 Å². The molecule has 0 aliphatic heterocycles. The van der Waals surface area contributed by atoms with Gasteiger partial charge in [-0.05, 0) is 46.2 Å². The zero-order valence-corrected chi connectivity index (χ0v) is 14.1. The zero-order valence-electron chi connectivity index (χ0n) is 13.2. The lowest BCUT2D eigenvalue weighted by molar-refractivity contribution is -0.154. The number of nitrogens with one attached hydrogen (secondary N) is 1. The van der Waals surface area contributed by atoms with Crippen LogP contribution in [-0.2, 0) is 11.4 Å². The number of ether oxygens (including phenoxy) is 1. The van der Waals surface area contributed by atoms with Crippen molar-refractivity contribution in [3.63, 3.8) is 0 Å². The number of pyridine rings is 1. The first-order valence-corrected chi connectivity index (χ1v) is 7.89. The molecule has 0 bridgehead atoms. The van der Waals surface area contributed by atoms with Gasteiger partial charge in [-0.3, -0.25) is 0 Å².